The molecule has 0 radical (unpaired) electrons. The number of carbonyl (C=O) groups excluding carboxylic acids is 1. The zero-order valence-electron chi connectivity index (χ0n) is 11.2. The summed E-state index contributed by atoms with van der Waals surface area (Å²) < 4.78 is 5.48. The number of aryl methyl sites for hydroxylation is 2. The Morgan fingerprint density at radius 1 is 1.47 bits per heavy atom. The van der Waals surface area contributed by atoms with Crippen LogP contribution in [-0.4, -0.2) is 23.0 Å². The summed E-state index contributed by atoms with van der Waals surface area (Å²) >= 11 is 0. The second-order valence-corrected chi connectivity index (χ2v) is 5.09. The Bertz CT molecular complexity index is 492. The Labute approximate surface area is 112 Å². The Morgan fingerprint density at radius 2 is 2.21 bits per heavy atom. The highest BCUT2D eigenvalue weighted by Crippen LogP contribution is 2.26. The number of rotatable bonds is 4. The van der Waals surface area contributed by atoms with E-state index in [4.69, 9.17) is 9.52 Å². The number of carboxylic acid groups (broad SMARTS) is 1. The van der Waals surface area contributed by atoms with Crippen molar-refractivity contribution in [3.05, 3.63) is 23.2 Å². The molecule has 1 amide bonds. The molecule has 0 saturated heterocycles. The van der Waals surface area contributed by atoms with E-state index in [0.29, 0.717) is 25.0 Å². The van der Waals surface area contributed by atoms with Crippen LogP contribution in [-0.2, 0) is 11.2 Å². The second kappa shape index (κ2) is 5.47. The SMILES string of the molecule is CCc1oc(C(=O)N[C@H]2CC[C@@H](C(=O)O)C2)cc1C. The topological polar surface area (TPSA) is 79.5 Å². The van der Waals surface area contributed by atoms with Gasteiger partial charge in [0.25, 0.3) is 5.91 Å². The highest BCUT2D eigenvalue weighted by Gasteiger charge is 2.31. The second-order valence-electron chi connectivity index (χ2n) is 5.09. The van der Waals surface area contributed by atoms with E-state index in [1.165, 1.54) is 0 Å². The van der Waals surface area contributed by atoms with Crippen molar-refractivity contribution in [1.82, 2.24) is 5.32 Å². The lowest BCUT2D eigenvalue weighted by atomic mass is 10.1. The molecule has 1 aliphatic rings. The molecule has 19 heavy (non-hydrogen) atoms. The summed E-state index contributed by atoms with van der Waals surface area (Å²) in [6, 6.07) is 1.67. The number of hydrogen-bond acceptors (Lipinski definition) is 3. The number of carbonyl (C=O) groups is 2. The van der Waals surface area contributed by atoms with Crippen LogP contribution in [0.2, 0.25) is 0 Å². The van der Waals surface area contributed by atoms with Crippen molar-refractivity contribution in [1.29, 1.82) is 0 Å². The molecular weight excluding hydrogens is 246 g/mol. The van der Waals surface area contributed by atoms with Crippen LogP contribution in [0.25, 0.3) is 0 Å². The molecule has 0 bridgehead atoms. The molecule has 5 nitrogen and oxygen atoms in total. The quantitative estimate of drug-likeness (QED) is 0.874. The van der Waals surface area contributed by atoms with Gasteiger partial charge in [-0.05, 0) is 37.8 Å². The molecular formula is C14H19NO4. The average Bonchev–Trinajstić information content (AvgIpc) is 2.95. The van der Waals surface area contributed by atoms with E-state index in [9.17, 15) is 9.59 Å². The highest BCUT2D eigenvalue weighted by molar-refractivity contribution is 5.92. The highest BCUT2D eigenvalue weighted by atomic mass is 16.4. The van der Waals surface area contributed by atoms with Gasteiger partial charge in [0.15, 0.2) is 5.76 Å². The van der Waals surface area contributed by atoms with Gasteiger partial charge < -0.3 is 14.8 Å². The van der Waals surface area contributed by atoms with Gasteiger partial charge in [0.2, 0.25) is 0 Å². The van der Waals surface area contributed by atoms with Gasteiger partial charge in [-0.25, -0.2) is 0 Å². The number of aliphatic carboxylic acids is 1. The third-order valence-corrected chi connectivity index (χ3v) is 3.68. The Morgan fingerprint density at radius 3 is 2.74 bits per heavy atom. The first kappa shape index (κ1) is 13.6. The maximum atomic E-state index is 12.0. The zero-order valence-corrected chi connectivity index (χ0v) is 11.2. The Balaban J connectivity index is 1.96. The molecule has 0 spiro atoms. The summed E-state index contributed by atoms with van der Waals surface area (Å²) in [5, 5.41) is 11.8. The fourth-order valence-corrected chi connectivity index (χ4v) is 2.58. The molecule has 0 aliphatic heterocycles. The summed E-state index contributed by atoms with van der Waals surface area (Å²) in [6.07, 6.45) is 2.59. The molecule has 0 unspecified atom stereocenters. The van der Waals surface area contributed by atoms with E-state index in [2.05, 4.69) is 5.32 Å². The molecule has 1 heterocycles. The van der Waals surface area contributed by atoms with Gasteiger partial charge in [-0.1, -0.05) is 6.92 Å². The van der Waals surface area contributed by atoms with Crippen LogP contribution in [0, 0.1) is 12.8 Å². The van der Waals surface area contributed by atoms with E-state index >= 15 is 0 Å². The van der Waals surface area contributed by atoms with Crippen LogP contribution in [0.15, 0.2) is 10.5 Å². The van der Waals surface area contributed by atoms with E-state index in [-0.39, 0.29) is 17.9 Å². The van der Waals surface area contributed by atoms with Crippen LogP contribution in [0.5, 0.6) is 0 Å². The molecule has 1 saturated carbocycles. The van der Waals surface area contributed by atoms with E-state index in [1.807, 2.05) is 13.8 Å². The van der Waals surface area contributed by atoms with Gasteiger partial charge in [-0.2, -0.15) is 0 Å². The van der Waals surface area contributed by atoms with Gasteiger partial charge in [0, 0.05) is 12.5 Å². The molecule has 1 aromatic heterocycles. The third-order valence-electron chi connectivity index (χ3n) is 3.68. The van der Waals surface area contributed by atoms with Crippen molar-refractivity contribution in [3.63, 3.8) is 0 Å². The lowest BCUT2D eigenvalue weighted by Gasteiger charge is -2.10. The maximum Gasteiger partial charge on any atom is 0.306 e. The maximum absolute atomic E-state index is 12.0. The molecule has 5 heteroatoms. The average molecular weight is 265 g/mol. The van der Waals surface area contributed by atoms with Crippen molar-refractivity contribution < 1.29 is 19.1 Å². The van der Waals surface area contributed by atoms with Crippen LogP contribution in [0.3, 0.4) is 0 Å². The summed E-state index contributed by atoms with van der Waals surface area (Å²) in [7, 11) is 0. The van der Waals surface area contributed by atoms with Crippen LogP contribution < -0.4 is 5.32 Å². The number of hydrogen-bond donors (Lipinski definition) is 2. The summed E-state index contributed by atoms with van der Waals surface area (Å²) in [6.45, 7) is 3.89. The molecule has 1 fully saturated rings. The first-order valence-corrected chi connectivity index (χ1v) is 6.64. The van der Waals surface area contributed by atoms with Crippen molar-refractivity contribution >= 4 is 11.9 Å². The number of carboxylic acids is 1. The first-order valence-electron chi connectivity index (χ1n) is 6.64. The summed E-state index contributed by atoms with van der Waals surface area (Å²) in [5.41, 5.74) is 0.975. The lowest BCUT2D eigenvalue weighted by Crippen LogP contribution is -2.33. The van der Waals surface area contributed by atoms with Crippen molar-refractivity contribution in [2.75, 3.05) is 0 Å². The van der Waals surface area contributed by atoms with Gasteiger partial charge in [0.1, 0.15) is 5.76 Å². The Kier molecular flexibility index (Phi) is 3.93. The van der Waals surface area contributed by atoms with Crippen molar-refractivity contribution in [3.8, 4) is 0 Å². The first-order chi connectivity index (χ1) is 9.01. The van der Waals surface area contributed by atoms with Gasteiger partial charge >= 0.3 is 5.97 Å². The largest absolute Gasteiger partial charge is 0.481 e. The normalized spacial score (nSPS) is 22.4. The molecule has 1 aromatic rings. The number of furan rings is 1. The standard InChI is InChI=1S/C14H19NO4/c1-3-11-8(2)6-12(19-11)13(16)15-10-5-4-9(7-10)14(17)18/h6,9-10H,3-5,7H2,1-2H3,(H,15,16)(H,17,18)/t9-,10+/m1/s1. The molecule has 2 rings (SSSR count). The smallest absolute Gasteiger partial charge is 0.306 e. The van der Waals surface area contributed by atoms with Crippen LogP contribution in [0.4, 0.5) is 0 Å². The van der Waals surface area contributed by atoms with E-state index in [0.717, 1.165) is 17.7 Å². The van der Waals surface area contributed by atoms with Crippen molar-refractivity contribution in [2.24, 2.45) is 5.92 Å². The van der Waals surface area contributed by atoms with Gasteiger partial charge in [-0.3, -0.25) is 9.59 Å². The summed E-state index contributed by atoms with van der Waals surface area (Å²) in [4.78, 5) is 22.9. The number of nitrogens with one attached hydrogen (secondary N) is 1. The van der Waals surface area contributed by atoms with Gasteiger partial charge in [-0.15, -0.1) is 0 Å². The van der Waals surface area contributed by atoms with E-state index in [1.54, 1.807) is 6.07 Å². The fourth-order valence-electron chi connectivity index (χ4n) is 2.58. The minimum atomic E-state index is -0.779. The van der Waals surface area contributed by atoms with Crippen molar-refractivity contribution in [2.45, 2.75) is 45.6 Å². The molecule has 0 aromatic carbocycles. The molecule has 2 atom stereocenters. The van der Waals surface area contributed by atoms with Crippen LogP contribution >= 0.6 is 0 Å². The molecule has 2 N–H and O–H groups in total. The minimum Gasteiger partial charge on any atom is -0.481 e. The number of amides is 1. The predicted molar refractivity (Wildman–Crippen MR) is 69.1 cm³/mol. The zero-order chi connectivity index (χ0) is 14.0. The molecule has 104 valence electrons. The van der Waals surface area contributed by atoms with E-state index < -0.39 is 5.97 Å². The summed E-state index contributed by atoms with van der Waals surface area (Å²) in [5.74, 6) is -0.236. The lowest BCUT2D eigenvalue weighted by molar-refractivity contribution is -0.141. The fraction of sp³-hybridized carbons (Fsp3) is 0.571. The predicted octanol–water partition coefficient (Wildman–Crippen LogP) is 2.13. The van der Waals surface area contributed by atoms with Crippen LogP contribution in [0.1, 0.15) is 48.1 Å². The minimum absolute atomic E-state index is 0.0657. The molecule has 1 aliphatic carbocycles. The third kappa shape index (κ3) is 2.97. The van der Waals surface area contributed by atoms with Gasteiger partial charge in [0.05, 0.1) is 5.92 Å². The Hall–Kier alpha value is -1.78. The monoisotopic (exact) mass is 265 g/mol.